The molecule has 0 bridgehead atoms. The third kappa shape index (κ3) is 5.43. The maximum atomic E-state index is 13.1. The van der Waals surface area contributed by atoms with Gasteiger partial charge in [0.25, 0.3) is 5.91 Å². The number of ether oxygens (including phenoxy) is 1. The van der Waals surface area contributed by atoms with E-state index in [0.29, 0.717) is 25.9 Å². The lowest BCUT2D eigenvalue weighted by Crippen LogP contribution is -2.58. The van der Waals surface area contributed by atoms with Crippen molar-refractivity contribution in [3.05, 3.63) is 69.5 Å². The number of hydrogen-bond donors (Lipinski definition) is 0. The summed E-state index contributed by atoms with van der Waals surface area (Å²) in [5.74, 6) is -0.676. The fourth-order valence-electron chi connectivity index (χ4n) is 3.68. The second kappa shape index (κ2) is 9.65. The Bertz CT molecular complexity index is 966. The van der Waals surface area contributed by atoms with Gasteiger partial charge in [-0.15, -0.1) is 0 Å². The number of nitro benzene ring substituents is 1. The minimum atomic E-state index is -0.618. The van der Waals surface area contributed by atoms with Crippen LogP contribution in [0.15, 0.2) is 42.5 Å². The summed E-state index contributed by atoms with van der Waals surface area (Å²) < 4.78 is 18.6. The van der Waals surface area contributed by atoms with Gasteiger partial charge in [0.05, 0.1) is 4.92 Å². The quantitative estimate of drug-likeness (QED) is 0.382. The second-order valence-corrected chi connectivity index (χ2v) is 7.69. The number of nitro groups is 1. The molecule has 1 amide bonds. The number of hydrogen-bond acceptors (Lipinski definition) is 6. The minimum absolute atomic E-state index is 0.0675. The van der Waals surface area contributed by atoms with Crippen LogP contribution in [0.1, 0.15) is 29.8 Å². The van der Waals surface area contributed by atoms with Gasteiger partial charge in [-0.2, -0.15) is 0 Å². The van der Waals surface area contributed by atoms with E-state index in [2.05, 4.69) is 4.90 Å². The molecule has 1 aliphatic rings. The van der Waals surface area contributed by atoms with Crippen molar-refractivity contribution < 1.29 is 23.6 Å². The molecule has 2 aromatic carbocycles. The summed E-state index contributed by atoms with van der Waals surface area (Å²) in [5, 5.41) is 11.2. The summed E-state index contributed by atoms with van der Waals surface area (Å²) in [4.78, 5) is 38.2. The zero-order valence-corrected chi connectivity index (χ0v) is 17.4. The van der Waals surface area contributed by atoms with Gasteiger partial charge >= 0.3 is 5.69 Å². The Balaban J connectivity index is 1.62. The van der Waals surface area contributed by atoms with Crippen molar-refractivity contribution in [2.75, 3.05) is 19.7 Å². The number of halogens is 1. The molecule has 2 aromatic rings. The van der Waals surface area contributed by atoms with Crippen molar-refractivity contribution in [2.45, 2.75) is 32.5 Å². The fraction of sp³-hybridized carbons (Fsp3) is 0.364. The molecular weight excluding hydrogens is 405 g/mol. The van der Waals surface area contributed by atoms with E-state index in [4.69, 9.17) is 4.74 Å². The third-order valence-electron chi connectivity index (χ3n) is 5.40. The van der Waals surface area contributed by atoms with E-state index in [-0.39, 0.29) is 47.4 Å². The van der Waals surface area contributed by atoms with Crippen LogP contribution in [0.3, 0.4) is 0 Å². The molecule has 3 rings (SSSR count). The Morgan fingerprint density at radius 3 is 2.55 bits per heavy atom. The van der Waals surface area contributed by atoms with Crippen LogP contribution in [0.25, 0.3) is 0 Å². The molecule has 0 spiro atoms. The lowest BCUT2D eigenvalue weighted by molar-refractivity contribution is -0.385. The first kappa shape index (κ1) is 22.4. The van der Waals surface area contributed by atoms with Crippen molar-refractivity contribution in [1.29, 1.82) is 0 Å². The molecule has 0 aliphatic carbocycles. The Kier molecular flexibility index (Phi) is 6.96. The van der Waals surface area contributed by atoms with Crippen molar-refractivity contribution in [3.63, 3.8) is 0 Å². The highest BCUT2D eigenvalue weighted by atomic mass is 19.1. The number of carbonyl (C=O) groups is 2. The maximum Gasteiger partial charge on any atom is 0.310 e. The lowest BCUT2D eigenvalue weighted by atomic mass is 10.1. The third-order valence-corrected chi connectivity index (χ3v) is 5.40. The van der Waals surface area contributed by atoms with E-state index < -0.39 is 4.92 Å². The Morgan fingerprint density at radius 1 is 1.19 bits per heavy atom. The van der Waals surface area contributed by atoms with Crippen LogP contribution in [0.4, 0.5) is 10.1 Å². The molecule has 1 fully saturated rings. The minimum Gasteiger partial charge on any atom is -0.477 e. The molecule has 1 aliphatic heterocycles. The Labute approximate surface area is 179 Å². The van der Waals surface area contributed by atoms with Gasteiger partial charge in [0.15, 0.2) is 12.4 Å². The van der Waals surface area contributed by atoms with E-state index in [1.165, 1.54) is 30.3 Å². The lowest BCUT2D eigenvalue weighted by Gasteiger charge is -2.44. The first-order valence-corrected chi connectivity index (χ1v) is 9.93. The zero-order valence-electron chi connectivity index (χ0n) is 17.4. The van der Waals surface area contributed by atoms with E-state index in [9.17, 15) is 24.1 Å². The number of rotatable bonds is 7. The molecule has 1 saturated heterocycles. The molecule has 9 heteroatoms. The van der Waals surface area contributed by atoms with Gasteiger partial charge in [-0.05, 0) is 43.7 Å². The highest BCUT2D eigenvalue weighted by Crippen LogP contribution is 2.28. The predicted molar refractivity (Wildman–Crippen MR) is 111 cm³/mol. The van der Waals surface area contributed by atoms with Gasteiger partial charge in [0, 0.05) is 43.3 Å². The SMILES string of the molecule is CC1CN(C(=O)COc2cc(C=O)ccc2[N+](=O)[O-])C(C)CN1Cc1ccc(F)cc1. The number of nitrogens with zero attached hydrogens (tertiary/aromatic N) is 3. The largest absolute Gasteiger partial charge is 0.477 e. The first-order valence-electron chi connectivity index (χ1n) is 9.93. The molecule has 0 radical (unpaired) electrons. The number of piperazine rings is 1. The second-order valence-electron chi connectivity index (χ2n) is 7.69. The van der Waals surface area contributed by atoms with Gasteiger partial charge in [-0.1, -0.05) is 12.1 Å². The Hall–Kier alpha value is -3.33. The summed E-state index contributed by atoms with van der Waals surface area (Å²) in [6, 6.07) is 10.1. The van der Waals surface area contributed by atoms with Crippen LogP contribution in [-0.2, 0) is 11.3 Å². The van der Waals surface area contributed by atoms with E-state index in [0.717, 1.165) is 5.56 Å². The molecule has 31 heavy (non-hydrogen) atoms. The molecule has 164 valence electrons. The summed E-state index contributed by atoms with van der Waals surface area (Å²) in [7, 11) is 0. The summed E-state index contributed by atoms with van der Waals surface area (Å²) in [6.45, 7) is 5.32. The number of aldehydes is 1. The van der Waals surface area contributed by atoms with Gasteiger partial charge < -0.3 is 9.64 Å². The van der Waals surface area contributed by atoms with Gasteiger partial charge in [0.2, 0.25) is 0 Å². The monoisotopic (exact) mass is 429 g/mol. The maximum absolute atomic E-state index is 13.1. The van der Waals surface area contributed by atoms with Crippen LogP contribution >= 0.6 is 0 Å². The van der Waals surface area contributed by atoms with E-state index in [1.807, 2.05) is 13.8 Å². The molecule has 1 heterocycles. The molecule has 0 saturated carbocycles. The van der Waals surface area contributed by atoms with Crippen LogP contribution in [0.5, 0.6) is 5.75 Å². The van der Waals surface area contributed by atoms with Crippen molar-refractivity contribution in [2.24, 2.45) is 0 Å². The van der Waals surface area contributed by atoms with Crippen LogP contribution in [0.2, 0.25) is 0 Å². The molecular formula is C22H24FN3O5. The molecule has 2 unspecified atom stereocenters. The molecule has 0 N–H and O–H groups in total. The highest BCUT2D eigenvalue weighted by molar-refractivity contribution is 5.79. The summed E-state index contributed by atoms with van der Waals surface area (Å²) in [6.07, 6.45) is 0.558. The topological polar surface area (TPSA) is 93.0 Å². The van der Waals surface area contributed by atoms with Gasteiger partial charge in [0.1, 0.15) is 12.1 Å². The van der Waals surface area contributed by atoms with E-state index >= 15 is 0 Å². The average molecular weight is 429 g/mol. The van der Waals surface area contributed by atoms with Crippen molar-refractivity contribution in [3.8, 4) is 5.75 Å². The smallest absolute Gasteiger partial charge is 0.310 e. The number of benzene rings is 2. The van der Waals surface area contributed by atoms with Crippen LogP contribution < -0.4 is 4.74 Å². The van der Waals surface area contributed by atoms with E-state index in [1.54, 1.807) is 17.0 Å². The van der Waals surface area contributed by atoms with Gasteiger partial charge in [-0.3, -0.25) is 24.6 Å². The molecule has 8 nitrogen and oxygen atoms in total. The van der Waals surface area contributed by atoms with Gasteiger partial charge in [-0.25, -0.2) is 4.39 Å². The Morgan fingerprint density at radius 2 is 1.90 bits per heavy atom. The first-order chi connectivity index (χ1) is 14.8. The van der Waals surface area contributed by atoms with Crippen LogP contribution in [-0.4, -0.2) is 58.7 Å². The average Bonchev–Trinajstić information content (AvgIpc) is 2.75. The predicted octanol–water partition coefficient (Wildman–Crippen LogP) is 3.05. The standard InChI is InChI=1S/C22H24FN3O5/c1-15-11-25(16(2)10-24(15)12-17-3-6-19(23)7-4-17)22(28)14-31-21-9-18(13-27)5-8-20(21)26(29)30/h3-9,13,15-16H,10-12,14H2,1-2H3. The molecule has 2 atom stereocenters. The van der Waals surface area contributed by atoms with Crippen molar-refractivity contribution in [1.82, 2.24) is 9.80 Å². The molecule has 0 aromatic heterocycles. The fourth-order valence-corrected chi connectivity index (χ4v) is 3.68. The van der Waals surface area contributed by atoms with Crippen molar-refractivity contribution >= 4 is 17.9 Å². The number of amides is 1. The summed E-state index contributed by atoms with van der Waals surface area (Å²) in [5.41, 5.74) is 0.916. The summed E-state index contributed by atoms with van der Waals surface area (Å²) >= 11 is 0. The zero-order chi connectivity index (χ0) is 22.5. The normalized spacial score (nSPS) is 19.1. The number of carbonyl (C=O) groups excluding carboxylic acids is 2. The highest BCUT2D eigenvalue weighted by Gasteiger charge is 2.32. The van der Waals surface area contributed by atoms with Crippen LogP contribution in [0, 0.1) is 15.9 Å².